The molecule has 2 saturated heterocycles. The second-order valence-electron chi connectivity index (χ2n) is 8.81. The summed E-state index contributed by atoms with van der Waals surface area (Å²) in [6.07, 6.45) is 3.99. The van der Waals surface area contributed by atoms with Crippen molar-refractivity contribution >= 4 is 35.1 Å². The number of rotatable bonds is 3. The van der Waals surface area contributed by atoms with Crippen molar-refractivity contribution in [3.63, 3.8) is 0 Å². The molecular formula is C24H24ClN3O3. The monoisotopic (exact) mass is 437 g/mol. The fourth-order valence-corrected chi connectivity index (χ4v) is 5.49. The summed E-state index contributed by atoms with van der Waals surface area (Å²) >= 11 is 6.73. The van der Waals surface area contributed by atoms with Crippen molar-refractivity contribution in [2.45, 2.75) is 43.6 Å². The quantitative estimate of drug-likeness (QED) is 0.727. The number of piperidine rings is 1. The SMILES string of the molecule is CN1CC2(CCC2)N(c2ccc(-c3cccc(C4CCC(=O)NC4=O)c3Cl)cc2)C1=O. The van der Waals surface area contributed by atoms with Crippen molar-refractivity contribution in [2.75, 3.05) is 18.5 Å². The van der Waals surface area contributed by atoms with Crippen LogP contribution < -0.4 is 10.2 Å². The molecule has 6 nitrogen and oxygen atoms in total. The lowest BCUT2D eigenvalue weighted by molar-refractivity contribution is -0.134. The molecule has 2 aromatic rings. The van der Waals surface area contributed by atoms with Crippen molar-refractivity contribution in [1.29, 1.82) is 0 Å². The molecule has 31 heavy (non-hydrogen) atoms. The molecule has 5 rings (SSSR count). The highest BCUT2D eigenvalue weighted by atomic mass is 35.5. The van der Waals surface area contributed by atoms with E-state index in [-0.39, 0.29) is 23.4 Å². The first-order valence-electron chi connectivity index (χ1n) is 10.7. The molecule has 3 aliphatic rings. The van der Waals surface area contributed by atoms with Gasteiger partial charge in [-0.1, -0.05) is 41.9 Å². The Morgan fingerprint density at radius 2 is 1.81 bits per heavy atom. The molecule has 1 saturated carbocycles. The zero-order valence-electron chi connectivity index (χ0n) is 17.4. The number of likely N-dealkylation sites (N-methyl/N-ethyl adjacent to an activating group) is 1. The Morgan fingerprint density at radius 1 is 1.06 bits per heavy atom. The van der Waals surface area contributed by atoms with Crippen LogP contribution in [0, 0.1) is 0 Å². The summed E-state index contributed by atoms with van der Waals surface area (Å²) in [4.78, 5) is 40.3. The molecule has 160 valence electrons. The molecule has 1 unspecified atom stereocenters. The van der Waals surface area contributed by atoms with Gasteiger partial charge in [-0.2, -0.15) is 0 Å². The number of anilines is 1. The zero-order valence-corrected chi connectivity index (χ0v) is 18.1. The summed E-state index contributed by atoms with van der Waals surface area (Å²) in [5.74, 6) is -0.968. The van der Waals surface area contributed by atoms with Crippen LogP contribution in [0.2, 0.25) is 5.02 Å². The van der Waals surface area contributed by atoms with E-state index < -0.39 is 5.92 Å². The van der Waals surface area contributed by atoms with Crippen LogP contribution in [0.25, 0.3) is 11.1 Å². The van der Waals surface area contributed by atoms with E-state index in [2.05, 4.69) is 5.32 Å². The first kappa shape index (κ1) is 20.1. The summed E-state index contributed by atoms with van der Waals surface area (Å²) in [6.45, 7) is 0.771. The lowest BCUT2D eigenvalue weighted by Gasteiger charge is -2.44. The van der Waals surface area contributed by atoms with Crippen LogP contribution in [0.5, 0.6) is 0 Å². The number of carbonyl (C=O) groups is 3. The van der Waals surface area contributed by atoms with Gasteiger partial charge < -0.3 is 4.90 Å². The van der Waals surface area contributed by atoms with Crippen molar-refractivity contribution in [1.82, 2.24) is 10.2 Å². The van der Waals surface area contributed by atoms with Gasteiger partial charge in [-0.25, -0.2) is 4.79 Å². The van der Waals surface area contributed by atoms with Gasteiger partial charge in [-0.05, 0) is 48.9 Å². The fraction of sp³-hybridized carbons (Fsp3) is 0.375. The predicted molar refractivity (Wildman–Crippen MR) is 119 cm³/mol. The van der Waals surface area contributed by atoms with Gasteiger partial charge in [0.25, 0.3) is 0 Å². The molecule has 4 amide bonds. The fourth-order valence-electron chi connectivity index (χ4n) is 5.13. The first-order chi connectivity index (χ1) is 14.9. The lowest BCUT2D eigenvalue weighted by atomic mass is 9.76. The Kier molecular flexibility index (Phi) is 4.77. The van der Waals surface area contributed by atoms with Crippen molar-refractivity contribution in [2.24, 2.45) is 0 Å². The molecule has 1 N–H and O–H groups in total. The number of hydrogen-bond donors (Lipinski definition) is 1. The van der Waals surface area contributed by atoms with Crippen LogP contribution in [0.15, 0.2) is 42.5 Å². The highest BCUT2D eigenvalue weighted by Gasteiger charge is 2.52. The minimum Gasteiger partial charge on any atom is -0.325 e. The topological polar surface area (TPSA) is 69.7 Å². The maximum absolute atomic E-state index is 12.8. The van der Waals surface area contributed by atoms with Gasteiger partial charge in [0.15, 0.2) is 0 Å². The van der Waals surface area contributed by atoms with Crippen LogP contribution in [-0.2, 0) is 9.59 Å². The molecular weight excluding hydrogens is 414 g/mol. The standard InChI is InChI=1S/C24H24ClN3O3/c1-27-14-24(12-3-13-24)28(23(27)31)16-8-6-15(7-9-16)17-4-2-5-18(21(17)25)19-10-11-20(29)26-22(19)30/h2,4-9,19H,3,10-14H2,1H3,(H,26,29,30). The largest absolute Gasteiger partial charge is 0.325 e. The molecule has 0 radical (unpaired) electrons. The molecule has 1 atom stereocenters. The van der Waals surface area contributed by atoms with Crippen LogP contribution in [-0.4, -0.2) is 41.9 Å². The van der Waals surface area contributed by atoms with E-state index >= 15 is 0 Å². The summed E-state index contributed by atoms with van der Waals surface area (Å²) in [7, 11) is 1.86. The lowest BCUT2D eigenvalue weighted by Crippen LogP contribution is -2.52. The molecule has 1 aliphatic carbocycles. The minimum absolute atomic E-state index is 0.0466. The van der Waals surface area contributed by atoms with Gasteiger partial charge in [0.05, 0.1) is 16.5 Å². The zero-order chi connectivity index (χ0) is 21.8. The smallest absolute Gasteiger partial charge is 0.324 e. The van der Waals surface area contributed by atoms with E-state index in [4.69, 9.17) is 11.6 Å². The second kappa shape index (κ2) is 7.38. The van der Waals surface area contributed by atoms with E-state index in [9.17, 15) is 14.4 Å². The van der Waals surface area contributed by atoms with E-state index in [0.29, 0.717) is 17.9 Å². The van der Waals surface area contributed by atoms with Crippen molar-refractivity contribution in [3.8, 4) is 11.1 Å². The van der Waals surface area contributed by atoms with Crippen LogP contribution in [0.4, 0.5) is 10.5 Å². The highest BCUT2D eigenvalue weighted by molar-refractivity contribution is 6.34. The van der Waals surface area contributed by atoms with E-state index in [1.165, 1.54) is 0 Å². The molecule has 2 heterocycles. The molecule has 2 aromatic carbocycles. The summed E-state index contributed by atoms with van der Waals surface area (Å²) in [5, 5.41) is 2.93. The number of halogens is 1. The van der Waals surface area contributed by atoms with Gasteiger partial charge in [0.1, 0.15) is 0 Å². The Labute approximate surface area is 186 Å². The Balaban J connectivity index is 1.45. The van der Waals surface area contributed by atoms with Gasteiger partial charge in [-0.15, -0.1) is 0 Å². The molecule has 1 spiro atoms. The third kappa shape index (κ3) is 3.21. The maximum atomic E-state index is 12.8. The number of nitrogens with zero attached hydrogens (tertiary/aromatic N) is 2. The Morgan fingerprint density at radius 3 is 2.45 bits per heavy atom. The van der Waals surface area contributed by atoms with Crippen molar-refractivity contribution in [3.05, 3.63) is 53.1 Å². The predicted octanol–water partition coefficient (Wildman–Crippen LogP) is 4.32. The average molecular weight is 438 g/mol. The molecule has 0 aromatic heterocycles. The van der Waals surface area contributed by atoms with Gasteiger partial charge in [0, 0.05) is 31.3 Å². The first-order valence-corrected chi connectivity index (χ1v) is 11.1. The third-order valence-corrected chi connectivity index (χ3v) is 7.31. The van der Waals surface area contributed by atoms with Gasteiger partial charge in [0.2, 0.25) is 11.8 Å². The number of imide groups is 1. The van der Waals surface area contributed by atoms with Crippen LogP contribution in [0.3, 0.4) is 0 Å². The summed E-state index contributed by atoms with van der Waals surface area (Å²) in [6, 6.07) is 13.6. The molecule has 2 aliphatic heterocycles. The molecule has 0 bridgehead atoms. The Bertz CT molecular complexity index is 1080. The number of carbonyl (C=O) groups excluding carboxylic acids is 3. The molecule has 7 heteroatoms. The average Bonchev–Trinajstić information content (AvgIpc) is 3.00. The van der Waals surface area contributed by atoms with Crippen molar-refractivity contribution < 1.29 is 14.4 Å². The number of hydrogen-bond acceptors (Lipinski definition) is 3. The van der Waals surface area contributed by atoms with E-state index in [1.807, 2.05) is 54.4 Å². The highest BCUT2D eigenvalue weighted by Crippen LogP contribution is 2.45. The molecule has 3 fully saturated rings. The van der Waals surface area contributed by atoms with Gasteiger partial charge >= 0.3 is 6.03 Å². The third-order valence-electron chi connectivity index (χ3n) is 6.89. The van der Waals surface area contributed by atoms with Crippen LogP contribution >= 0.6 is 11.6 Å². The van der Waals surface area contributed by atoms with Gasteiger partial charge in [-0.3, -0.25) is 19.8 Å². The minimum atomic E-state index is -0.430. The van der Waals surface area contributed by atoms with E-state index in [1.54, 1.807) is 4.90 Å². The number of nitrogens with one attached hydrogen (secondary N) is 1. The maximum Gasteiger partial charge on any atom is 0.324 e. The Hall–Kier alpha value is -2.86. The van der Waals surface area contributed by atoms with Crippen LogP contribution in [0.1, 0.15) is 43.6 Å². The second-order valence-corrected chi connectivity index (χ2v) is 9.19. The number of benzene rings is 2. The van der Waals surface area contributed by atoms with E-state index in [0.717, 1.165) is 48.2 Å². The summed E-state index contributed by atoms with van der Waals surface area (Å²) in [5.41, 5.74) is 3.31. The number of urea groups is 1. The number of amides is 4. The normalized spacial score (nSPS) is 22.6. The summed E-state index contributed by atoms with van der Waals surface area (Å²) < 4.78 is 0.